The highest BCUT2D eigenvalue weighted by atomic mass is 35.5. The molecular weight excluding hydrogens is 276 g/mol. The molecule has 0 spiro atoms. The number of halogens is 1. The number of amides is 1. The molecule has 4 nitrogen and oxygen atoms in total. The van der Waals surface area contributed by atoms with Crippen molar-refractivity contribution in [3.05, 3.63) is 47.0 Å². The second kappa shape index (κ2) is 5.06. The molecule has 1 heterocycles. The molecule has 5 heteroatoms. The van der Waals surface area contributed by atoms with Crippen LogP contribution in [0.4, 0.5) is 11.4 Å². The molecule has 102 valence electrons. The molecule has 0 bridgehead atoms. The first kappa shape index (κ1) is 12.8. The summed E-state index contributed by atoms with van der Waals surface area (Å²) in [6.07, 6.45) is 1.16. The summed E-state index contributed by atoms with van der Waals surface area (Å²) in [5.41, 5.74) is 8.20. The molecule has 1 aliphatic rings. The van der Waals surface area contributed by atoms with E-state index in [0.717, 1.165) is 11.3 Å². The predicted molar refractivity (Wildman–Crippen MR) is 79.3 cm³/mol. The Morgan fingerprint density at radius 1 is 1.15 bits per heavy atom. The van der Waals surface area contributed by atoms with E-state index in [1.165, 1.54) is 0 Å². The molecular formula is C15H13ClN2O2. The Bertz CT molecular complexity index is 686. The number of anilines is 2. The lowest BCUT2D eigenvalue weighted by molar-refractivity contribution is -0.116. The van der Waals surface area contributed by atoms with Gasteiger partial charge in [0.05, 0.1) is 10.7 Å². The van der Waals surface area contributed by atoms with Gasteiger partial charge in [-0.2, -0.15) is 0 Å². The van der Waals surface area contributed by atoms with Crippen LogP contribution in [-0.4, -0.2) is 5.91 Å². The number of ether oxygens (including phenoxy) is 1. The summed E-state index contributed by atoms with van der Waals surface area (Å²) in [5, 5.41) is 3.33. The van der Waals surface area contributed by atoms with Crippen molar-refractivity contribution in [2.24, 2.45) is 0 Å². The fourth-order valence-corrected chi connectivity index (χ4v) is 2.33. The zero-order valence-corrected chi connectivity index (χ0v) is 11.4. The molecule has 0 atom stereocenters. The fraction of sp³-hybridized carbons (Fsp3) is 0.133. The van der Waals surface area contributed by atoms with Crippen LogP contribution in [-0.2, 0) is 11.2 Å². The maximum Gasteiger partial charge on any atom is 0.224 e. The van der Waals surface area contributed by atoms with Gasteiger partial charge < -0.3 is 15.8 Å². The van der Waals surface area contributed by atoms with E-state index in [-0.39, 0.29) is 5.91 Å². The second-order valence-electron chi connectivity index (χ2n) is 4.63. The van der Waals surface area contributed by atoms with Crippen LogP contribution in [0.2, 0.25) is 5.02 Å². The van der Waals surface area contributed by atoms with Crippen molar-refractivity contribution in [2.75, 3.05) is 11.1 Å². The third kappa shape index (κ3) is 2.42. The zero-order valence-electron chi connectivity index (χ0n) is 10.7. The molecule has 1 aliphatic heterocycles. The van der Waals surface area contributed by atoms with Gasteiger partial charge in [-0.1, -0.05) is 23.7 Å². The number of carbonyl (C=O) groups excluding carboxylic acids is 1. The molecule has 2 aromatic rings. The molecule has 2 aromatic carbocycles. The Hall–Kier alpha value is -2.20. The summed E-state index contributed by atoms with van der Waals surface area (Å²) in [5.74, 6) is 1.12. The molecule has 3 rings (SSSR count). The molecule has 0 aliphatic carbocycles. The van der Waals surface area contributed by atoms with Crippen LogP contribution in [0.25, 0.3) is 0 Å². The first-order valence-electron chi connectivity index (χ1n) is 6.28. The van der Waals surface area contributed by atoms with Gasteiger partial charge in [-0.05, 0) is 36.2 Å². The number of fused-ring (bicyclic) bond motifs is 1. The minimum atomic E-state index is 0.0108. The quantitative estimate of drug-likeness (QED) is 0.830. The first-order chi connectivity index (χ1) is 9.63. The highest BCUT2D eigenvalue weighted by molar-refractivity contribution is 6.32. The summed E-state index contributed by atoms with van der Waals surface area (Å²) >= 11 is 6.07. The molecule has 0 radical (unpaired) electrons. The maximum absolute atomic E-state index is 11.4. The van der Waals surface area contributed by atoms with Gasteiger partial charge in [0.1, 0.15) is 5.75 Å². The van der Waals surface area contributed by atoms with Gasteiger partial charge in [0.2, 0.25) is 5.91 Å². The van der Waals surface area contributed by atoms with E-state index in [1.807, 2.05) is 18.2 Å². The molecule has 20 heavy (non-hydrogen) atoms. The Balaban J connectivity index is 1.95. The summed E-state index contributed by atoms with van der Waals surface area (Å²) in [4.78, 5) is 11.4. The van der Waals surface area contributed by atoms with Crippen molar-refractivity contribution < 1.29 is 9.53 Å². The summed E-state index contributed by atoms with van der Waals surface area (Å²) in [6.45, 7) is 0. The topological polar surface area (TPSA) is 64.3 Å². The van der Waals surface area contributed by atoms with Crippen molar-refractivity contribution in [3.8, 4) is 11.5 Å². The molecule has 0 saturated heterocycles. The molecule has 0 unspecified atom stereocenters. The van der Waals surface area contributed by atoms with Crippen molar-refractivity contribution in [1.29, 1.82) is 0 Å². The summed E-state index contributed by atoms with van der Waals surface area (Å²) < 4.78 is 5.76. The lowest BCUT2D eigenvalue weighted by atomic mass is 10.0. The Morgan fingerprint density at radius 2 is 1.95 bits per heavy atom. The highest BCUT2D eigenvalue weighted by Gasteiger charge is 2.17. The van der Waals surface area contributed by atoms with Crippen molar-refractivity contribution in [1.82, 2.24) is 0 Å². The van der Waals surface area contributed by atoms with Gasteiger partial charge in [0.25, 0.3) is 0 Å². The lowest BCUT2D eigenvalue weighted by Crippen LogP contribution is -2.19. The van der Waals surface area contributed by atoms with Crippen LogP contribution >= 0.6 is 11.6 Å². The standard InChI is InChI=1S/C15H13ClN2O2/c16-10-3-1-2-4-13(10)20-14-7-9-5-6-15(19)18-12(9)8-11(14)17/h1-4,7-8H,5-6,17H2,(H,18,19). The maximum atomic E-state index is 11.4. The molecule has 1 amide bonds. The van der Waals surface area contributed by atoms with Crippen LogP contribution in [0.1, 0.15) is 12.0 Å². The van der Waals surface area contributed by atoms with E-state index in [9.17, 15) is 4.79 Å². The van der Waals surface area contributed by atoms with E-state index >= 15 is 0 Å². The van der Waals surface area contributed by atoms with E-state index < -0.39 is 0 Å². The van der Waals surface area contributed by atoms with Gasteiger partial charge in [0.15, 0.2) is 5.75 Å². The van der Waals surface area contributed by atoms with Crippen LogP contribution in [0.5, 0.6) is 11.5 Å². The van der Waals surface area contributed by atoms with Crippen LogP contribution in [0.3, 0.4) is 0 Å². The summed E-state index contributed by atoms with van der Waals surface area (Å²) in [6, 6.07) is 10.8. The number of carbonyl (C=O) groups is 1. The third-order valence-corrected chi connectivity index (χ3v) is 3.50. The number of hydrogen-bond donors (Lipinski definition) is 2. The fourth-order valence-electron chi connectivity index (χ4n) is 2.16. The normalized spacial score (nSPS) is 13.6. The number of nitrogens with two attached hydrogens (primary N) is 1. The van der Waals surface area contributed by atoms with Crippen LogP contribution in [0, 0.1) is 0 Å². The number of rotatable bonds is 2. The molecule has 3 N–H and O–H groups in total. The number of hydrogen-bond acceptors (Lipinski definition) is 3. The van der Waals surface area contributed by atoms with E-state index in [2.05, 4.69) is 5.32 Å². The Kier molecular flexibility index (Phi) is 3.24. The largest absolute Gasteiger partial charge is 0.454 e. The van der Waals surface area contributed by atoms with Crippen molar-refractivity contribution in [3.63, 3.8) is 0 Å². The van der Waals surface area contributed by atoms with Gasteiger partial charge >= 0.3 is 0 Å². The van der Waals surface area contributed by atoms with Crippen molar-refractivity contribution >= 4 is 28.9 Å². The first-order valence-corrected chi connectivity index (χ1v) is 6.66. The van der Waals surface area contributed by atoms with Gasteiger partial charge in [-0.3, -0.25) is 4.79 Å². The Morgan fingerprint density at radius 3 is 2.75 bits per heavy atom. The van der Waals surface area contributed by atoms with E-state index in [0.29, 0.717) is 35.1 Å². The molecule has 0 fully saturated rings. The van der Waals surface area contributed by atoms with Gasteiger partial charge in [-0.25, -0.2) is 0 Å². The lowest BCUT2D eigenvalue weighted by Gasteiger charge is -2.19. The molecule has 0 saturated carbocycles. The van der Waals surface area contributed by atoms with Gasteiger partial charge in [-0.15, -0.1) is 0 Å². The highest BCUT2D eigenvalue weighted by Crippen LogP contribution is 2.36. The van der Waals surface area contributed by atoms with Crippen molar-refractivity contribution in [2.45, 2.75) is 12.8 Å². The number of nitrogen functional groups attached to an aromatic ring is 1. The number of aryl methyl sites for hydroxylation is 1. The number of para-hydroxylation sites is 1. The minimum Gasteiger partial charge on any atom is -0.454 e. The zero-order chi connectivity index (χ0) is 14.1. The van der Waals surface area contributed by atoms with E-state index in [1.54, 1.807) is 18.2 Å². The van der Waals surface area contributed by atoms with Crippen LogP contribution < -0.4 is 15.8 Å². The average Bonchev–Trinajstić information content (AvgIpc) is 2.42. The smallest absolute Gasteiger partial charge is 0.224 e. The predicted octanol–water partition coefficient (Wildman–Crippen LogP) is 3.60. The summed E-state index contributed by atoms with van der Waals surface area (Å²) in [7, 11) is 0. The molecule has 0 aromatic heterocycles. The second-order valence-corrected chi connectivity index (χ2v) is 5.04. The Labute approximate surface area is 121 Å². The monoisotopic (exact) mass is 288 g/mol. The average molecular weight is 289 g/mol. The number of benzene rings is 2. The minimum absolute atomic E-state index is 0.0108. The number of nitrogens with one attached hydrogen (secondary N) is 1. The third-order valence-electron chi connectivity index (χ3n) is 3.19. The van der Waals surface area contributed by atoms with Gasteiger partial charge in [0, 0.05) is 12.1 Å². The van der Waals surface area contributed by atoms with E-state index in [4.69, 9.17) is 22.1 Å². The van der Waals surface area contributed by atoms with Crippen LogP contribution in [0.15, 0.2) is 36.4 Å². The SMILES string of the molecule is Nc1cc2c(cc1Oc1ccccc1Cl)CCC(=O)N2.